The molecule has 0 heterocycles. The van der Waals surface area contributed by atoms with Crippen molar-refractivity contribution >= 4 is 12.2 Å². The molecule has 4 rings (SSSR count). The number of hydrogen-bond acceptors (Lipinski definition) is 3. The topological polar surface area (TPSA) is 58.6 Å². The first kappa shape index (κ1) is 18.8. The third kappa shape index (κ3) is 4.16. The molecule has 4 nitrogen and oxygen atoms in total. The van der Waals surface area contributed by atoms with E-state index in [0.29, 0.717) is 19.6 Å². The Morgan fingerprint density at radius 1 is 0.931 bits per heavy atom. The number of carbonyl (C=O) groups is 1. The number of fused-ring (bicyclic) bond motifs is 3. The van der Waals surface area contributed by atoms with E-state index in [9.17, 15) is 9.90 Å². The number of ether oxygens (including phenoxy) is 1. The molecule has 2 N–H and O–H groups in total. The first-order chi connectivity index (χ1) is 14.2. The fourth-order valence-corrected chi connectivity index (χ4v) is 3.75. The number of carbonyl (C=O) groups excluding carboxylic acids is 1. The fraction of sp³-hybridized carbons (Fsp3) is 0.160. The number of rotatable bonds is 6. The normalized spacial score (nSPS) is 12.6. The molecule has 0 aromatic heterocycles. The van der Waals surface area contributed by atoms with Crippen LogP contribution in [-0.4, -0.2) is 24.4 Å². The summed E-state index contributed by atoms with van der Waals surface area (Å²) in [6, 6.07) is 23.7. The fourth-order valence-electron chi connectivity index (χ4n) is 3.75. The molecule has 0 radical (unpaired) electrons. The molecule has 4 heteroatoms. The van der Waals surface area contributed by atoms with Crippen molar-refractivity contribution in [1.82, 2.24) is 5.32 Å². The molecule has 0 fully saturated rings. The molecule has 0 saturated heterocycles. The minimum atomic E-state index is -0.414. The van der Waals surface area contributed by atoms with Crippen LogP contribution in [0.15, 0.2) is 78.9 Å². The predicted molar refractivity (Wildman–Crippen MR) is 115 cm³/mol. The van der Waals surface area contributed by atoms with Crippen molar-refractivity contribution in [3.8, 4) is 16.9 Å². The maximum atomic E-state index is 12.1. The van der Waals surface area contributed by atoms with E-state index < -0.39 is 6.09 Å². The van der Waals surface area contributed by atoms with Gasteiger partial charge in [0.05, 0.1) is 0 Å². The first-order valence-corrected chi connectivity index (χ1v) is 9.77. The molecule has 29 heavy (non-hydrogen) atoms. The number of nitrogens with one attached hydrogen (secondary N) is 1. The SMILES string of the molecule is O=C(NCCC=Cc1ccccc1O)OCC1c2ccccc2-c2ccccc21. The number of phenols is 1. The zero-order valence-corrected chi connectivity index (χ0v) is 16.0. The quantitative estimate of drug-likeness (QED) is 0.564. The van der Waals surface area contributed by atoms with Gasteiger partial charge in [-0.1, -0.05) is 78.9 Å². The summed E-state index contributed by atoms with van der Waals surface area (Å²) in [5.41, 5.74) is 5.59. The highest BCUT2D eigenvalue weighted by atomic mass is 16.5. The molecular weight excluding hydrogens is 362 g/mol. The van der Waals surface area contributed by atoms with E-state index in [4.69, 9.17) is 4.74 Å². The van der Waals surface area contributed by atoms with Gasteiger partial charge in [-0.15, -0.1) is 0 Å². The summed E-state index contributed by atoms with van der Waals surface area (Å²) in [5.74, 6) is 0.308. The van der Waals surface area contributed by atoms with Gasteiger partial charge in [0.1, 0.15) is 12.4 Å². The van der Waals surface area contributed by atoms with Crippen molar-refractivity contribution in [1.29, 1.82) is 0 Å². The Bertz CT molecular complexity index is 996. The molecular formula is C25H23NO3. The van der Waals surface area contributed by atoms with Crippen molar-refractivity contribution in [2.24, 2.45) is 0 Å². The summed E-state index contributed by atoms with van der Waals surface area (Å²) in [7, 11) is 0. The van der Waals surface area contributed by atoms with Crippen molar-refractivity contribution in [2.75, 3.05) is 13.2 Å². The van der Waals surface area contributed by atoms with E-state index in [2.05, 4.69) is 29.6 Å². The molecule has 0 bridgehead atoms. The zero-order chi connectivity index (χ0) is 20.1. The second-order valence-electron chi connectivity index (χ2n) is 7.00. The minimum Gasteiger partial charge on any atom is -0.507 e. The number of alkyl carbamates (subject to hydrolysis) is 1. The monoisotopic (exact) mass is 385 g/mol. The van der Waals surface area contributed by atoms with Gasteiger partial charge < -0.3 is 15.2 Å². The van der Waals surface area contributed by atoms with Gasteiger partial charge in [-0.25, -0.2) is 4.79 Å². The second kappa shape index (κ2) is 8.65. The van der Waals surface area contributed by atoms with Gasteiger partial charge in [0, 0.05) is 18.0 Å². The van der Waals surface area contributed by atoms with Crippen molar-refractivity contribution in [3.63, 3.8) is 0 Å². The summed E-state index contributed by atoms with van der Waals surface area (Å²) < 4.78 is 5.51. The van der Waals surface area contributed by atoms with Crippen LogP contribution in [0.2, 0.25) is 0 Å². The highest BCUT2D eigenvalue weighted by Gasteiger charge is 2.28. The predicted octanol–water partition coefficient (Wildman–Crippen LogP) is 5.33. The molecule has 1 aliphatic carbocycles. The number of aromatic hydroxyl groups is 1. The Balaban J connectivity index is 1.29. The van der Waals surface area contributed by atoms with E-state index in [1.807, 2.05) is 48.6 Å². The lowest BCUT2D eigenvalue weighted by Gasteiger charge is -2.14. The minimum absolute atomic E-state index is 0.0640. The van der Waals surface area contributed by atoms with Gasteiger partial charge in [0.25, 0.3) is 0 Å². The van der Waals surface area contributed by atoms with Crippen LogP contribution in [0.5, 0.6) is 5.75 Å². The lowest BCUT2D eigenvalue weighted by Crippen LogP contribution is -2.26. The van der Waals surface area contributed by atoms with Crippen LogP contribution in [-0.2, 0) is 4.74 Å². The molecule has 1 aliphatic rings. The molecule has 3 aromatic rings. The van der Waals surface area contributed by atoms with Crippen LogP contribution in [0.4, 0.5) is 4.79 Å². The van der Waals surface area contributed by atoms with Gasteiger partial charge in [-0.2, -0.15) is 0 Å². The van der Waals surface area contributed by atoms with Crippen LogP contribution in [0.1, 0.15) is 29.0 Å². The van der Waals surface area contributed by atoms with Crippen molar-refractivity contribution in [2.45, 2.75) is 12.3 Å². The van der Waals surface area contributed by atoms with Gasteiger partial charge in [-0.05, 0) is 34.7 Å². The lowest BCUT2D eigenvalue weighted by molar-refractivity contribution is 0.143. The largest absolute Gasteiger partial charge is 0.507 e. The zero-order valence-electron chi connectivity index (χ0n) is 16.0. The van der Waals surface area contributed by atoms with E-state index in [-0.39, 0.29) is 11.7 Å². The van der Waals surface area contributed by atoms with Gasteiger partial charge in [-0.3, -0.25) is 0 Å². The summed E-state index contributed by atoms with van der Waals surface area (Å²) in [4.78, 5) is 12.1. The van der Waals surface area contributed by atoms with E-state index >= 15 is 0 Å². The van der Waals surface area contributed by atoms with E-state index in [0.717, 1.165) is 5.56 Å². The van der Waals surface area contributed by atoms with E-state index in [1.165, 1.54) is 22.3 Å². The molecule has 0 saturated carbocycles. The average molecular weight is 385 g/mol. The summed E-state index contributed by atoms with van der Waals surface area (Å²) >= 11 is 0. The average Bonchev–Trinajstić information content (AvgIpc) is 3.07. The third-order valence-electron chi connectivity index (χ3n) is 5.16. The number of hydrogen-bond donors (Lipinski definition) is 2. The highest BCUT2D eigenvalue weighted by molar-refractivity contribution is 5.79. The number of phenolic OH excluding ortho intramolecular Hbond substituents is 1. The molecule has 3 aromatic carbocycles. The van der Waals surface area contributed by atoms with Gasteiger partial charge in [0.2, 0.25) is 0 Å². The van der Waals surface area contributed by atoms with E-state index in [1.54, 1.807) is 12.1 Å². The van der Waals surface area contributed by atoms with Crippen LogP contribution in [0, 0.1) is 0 Å². The number of amides is 1. The molecule has 1 amide bonds. The molecule has 0 atom stereocenters. The van der Waals surface area contributed by atoms with Crippen molar-refractivity contribution < 1.29 is 14.6 Å². The molecule has 146 valence electrons. The Kier molecular flexibility index (Phi) is 5.61. The summed E-state index contributed by atoms with van der Waals surface area (Å²) in [5, 5.41) is 12.5. The standard InChI is InChI=1S/C25H23NO3/c27-24-15-6-1-9-18(24)10-7-8-16-26-25(28)29-17-23-21-13-4-2-11-19(21)20-12-3-5-14-22(20)23/h1-7,9-15,23,27H,8,16-17H2,(H,26,28). The molecule has 0 unspecified atom stereocenters. The maximum absolute atomic E-state index is 12.1. The smallest absolute Gasteiger partial charge is 0.407 e. The van der Waals surface area contributed by atoms with Crippen LogP contribution < -0.4 is 5.32 Å². The second-order valence-corrected chi connectivity index (χ2v) is 7.00. The van der Waals surface area contributed by atoms with Gasteiger partial charge >= 0.3 is 6.09 Å². The Labute approximate surface area is 170 Å². The Morgan fingerprint density at radius 2 is 1.55 bits per heavy atom. The summed E-state index contributed by atoms with van der Waals surface area (Å²) in [6.07, 6.45) is 3.99. The summed E-state index contributed by atoms with van der Waals surface area (Å²) in [6.45, 7) is 0.786. The van der Waals surface area contributed by atoms with Gasteiger partial charge in [0.15, 0.2) is 0 Å². The highest BCUT2D eigenvalue weighted by Crippen LogP contribution is 2.44. The Morgan fingerprint density at radius 3 is 2.24 bits per heavy atom. The van der Waals surface area contributed by atoms with Crippen LogP contribution in [0.3, 0.4) is 0 Å². The number of benzene rings is 3. The molecule has 0 spiro atoms. The molecule has 0 aliphatic heterocycles. The first-order valence-electron chi connectivity index (χ1n) is 9.77. The number of para-hydroxylation sites is 1. The maximum Gasteiger partial charge on any atom is 0.407 e. The van der Waals surface area contributed by atoms with Crippen molar-refractivity contribution in [3.05, 3.63) is 95.6 Å². The van der Waals surface area contributed by atoms with Crippen LogP contribution >= 0.6 is 0 Å². The van der Waals surface area contributed by atoms with Crippen LogP contribution in [0.25, 0.3) is 17.2 Å². The Hall–Kier alpha value is -3.53. The lowest BCUT2D eigenvalue weighted by atomic mass is 9.98. The third-order valence-corrected chi connectivity index (χ3v) is 5.16.